The molecule has 0 nitrogen and oxygen atoms in total. The molecule has 46 heavy (non-hydrogen) atoms. The number of hydrogen-bond donors (Lipinski definition) is 0. The minimum Gasteiger partial charge on any atom is -0.0942 e. The molecule has 0 aliphatic carbocycles. The Morgan fingerprint density at radius 3 is 0.674 bits per heavy atom. The molecular weight excluding hydrogens is 593 g/mol. The van der Waals surface area contributed by atoms with Crippen LogP contribution in [0, 0.1) is 0 Å². The van der Waals surface area contributed by atoms with Gasteiger partial charge in [0.15, 0.2) is 0 Å². The topological polar surface area (TPSA) is 0 Å². The summed E-state index contributed by atoms with van der Waals surface area (Å²) >= 11 is 0. The van der Waals surface area contributed by atoms with Gasteiger partial charge in [0.05, 0.1) is 0 Å². The van der Waals surface area contributed by atoms with E-state index >= 15 is 0 Å². The van der Waals surface area contributed by atoms with Crippen LogP contribution >= 0.6 is 21.6 Å². The number of hydrogen-bond acceptors (Lipinski definition) is 2. The van der Waals surface area contributed by atoms with E-state index in [2.05, 4.69) is 182 Å². The minimum atomic E-state index is -0.171. The zero-order chi connectivity index (χ0) is 31.3. The monoisotopic (exact) mass is 634 g/mol. The zero-order valence-electron chi connectivity index (χ0n) is 26.4. The number of rotatable bonds is 15. The molecule has 0 aliphatic rings. The van der Waals surface area contributed by atoms with Crippen molar-refractivity contribution < 1.29 is 0 Å². The van der Waals surface area contributed by atoms with Crippen molar-refractivity contribution in [3.8, 4) is 0 Å². The van der Waals surface area contributed by atoms with Crippen LogP contribution in [0.5, 0.6) is 0 Å². The third-order valence-electron chi connectivity index (χ3n) is 9.24. The second-order valence-corrected chi connectivity index (χ2v) is 14.6. The quantitative estimate of drug-likeness (QED) is 0.0626. The zero-order valence-corrected chi connectivity index (χ0v) is 28.0. The SMILES string of the molecule is c1ccc(C(CCCSSCCCC(c2ccccc2)(c2ccccc2)c2ccccc2)(c2ccccc2)c2ccccc2)cc1. The standard InChI is InChI=1S/C44H42S2/c1-7-21-37(22-8-1)43(38-23-9-2-10-24-38,39-25-11-3-12-26-39)33-19-35-45-46-36-20-34-44(40-27-13-4-14-28-40,41-29-15-5-16-30-41)42-31-17-6-18-32-42/h1-18,21-32H,19-20,33-36H2. The molecule has 0 aliphatic heterocycles. The van der Waals surface area contributed by atoms with Gasteiger partial charge >= 0.3 is 0 Å². The van der Waals surface area contributed by atoms with Gasteiger partial charge in [0.1, 0.15) is 0 Å². The molecule has 0 heterocycles. The molecular formula is C44H42S2. The van der Waals surface area contributed by atoms with E-state index in [1.54, 1.807) is 0 Å². The summed E-state index contributed by atoms with van der Waals surface area (Å²) in [4.78, 5) is 0. The molecule has 0 radical (unpaired) electrons. The Morgan fingerprint density at radius 2 is 0.478 bits per heavy atom. The fourth-order valence-electron chi connectivity index (χ4n) is 7.11. The van der Waals surface area contributed by atoms with Gasteiger partial charge in [-0.3, -0.25) is 0 Å². The Bertz CT molecular complexity index is 1380. The lowest BCUT2D eigenvalue weighted by Crippen LogP contribution is -2.29. The van der Waals surface area contributed by atoms with Crippen molar-refractivity contribution in [3.63, 3.8) is 0 Å². The van der Waals surface area contributed by atoms with Crippen molar-refractivity contribution in [1.29, 1.82) is 0 Å². The van der Waals surface area contributed by atoms with Crippen LogP contribution < -0.4 is 0 Å². The fraction of sp³-hybridized carbons (Fsp3) is 0.182. The molecule has 0 aromatic heterocycles. The van der Waals surface area contributed by atoms with Gasteiger partial charge in [-0.2, -0.15) is 0 Å². The van der Waals surface area contributed by atoms with E-state index < -0.39 is 0 Å². The summed E-state index contributed by atoms with van der Waals surface area (Å²) in [5.74, 6) is 2.25. The largest absolute Gasteiger partial charge is 0.0942 e. The highest BCUT2D eigenvalue weighted by molar-refractivity contribution is 8.76. The Labute approximate surface area is 283 Å². The predicted octanol–water partition coefficient (Wildman–Crippen LogP) is 12.0. The van der Waals surface area contributed by atoms with Crippen molar-refractivity contribution in [2.24, 2.45) is 0 Å². The molecule has 6 aromatic carbocycles. The normalized spacial score (nSPS) is 11.7. The van der Waals surface area contributed by atoms with Crippen molar-refractivity contribution in [3.05, 3.63) is 215 Å². The van der Waals surface area contributed by atoms with E-state index in [0.717, 1.165) is 37.2 Å². The third-order valence-corrected chi connectivity index (χ3v) is 11.8. The van der Waals surface area contributed by atoms with Gasteiger partial charge in [0.25, 0.3) is 0 Å². The number of benzene rings is 6. The summed E-state index contributed by atoms with van der Waals surface area (Å²) in [6, 6.07) is 66.6. The Kier molecular flexibility index (Phi) is 11.1. The third kappa shape index (κ3) is 7.04. The molecule has 6 aromatic rings. The van der Waals surface area contributed by atoms with E-state index in [1.807, 2.05) is 21.6 Å². The molecule has 0 unspecified atom stereocenters. The van der Waals surface area contributed by atoms with Crippen molar-refractivity contribution >= 4 is 21.6 Å². The molecule has 0 fully saturated rings. The van der Waals surface area contributed by atoms with E-state index in [1.165, 1.54) is 33.4 Å². The smallest absolute Gasteiger partial charge is 0.0451 e. The van der Waals surface area contributed by atoms with Crippen molar-refractivity contribution in [1.82, 2.24) is 0 Å². The van der Waals surface area contributed by atoms with Crippen LogP contribution in [0.3, 0.4) is 0 Å². The molecule has 0 spiro atoms. The summed E-state index contributed by atoms with van der Waals surface area (Å²) in [6.45, 7) is 0. The highest BCUT2D eigenvalue weighted by Crippen LogP contribution is 2.45. The summed E-state index contributed by atoms with van der Waals surface area (Å²) in [6.07, 6.45) is 4.41. The van der Waals surface area contributed by atoms with Crippen LogP contribution in [-0.2, 0) is 10.8 Å². The molecule has 0 saturated carbocycles. The fourth-order valence-corrected chi connectivity index (χ4v) is 9.29. The average molecular weight is 635 g/mol. The molecule has 0 atom stereocenters. The highest BCUT2D eigenvalue weighted by atomic mass is 33.1. The first-order valence-electron chi connectivity index (χ1n) is 16.4. The van der Waals surface area contributed by atoms with Gasteiger partial charge in [0.2, 0.25) is 0 Å². The molecule has 6 rings (SSSR count). The molecule has 0 saturated heterocycles. The molecule has 230 valence electrons. The molecule has 0 N–H and O–H groups in total. The lowest BCUT2D eigenvalue weighted by Gasteiger charge is -2.36. The van der Waals surface area contributed by atoms with Gasteiger partial charge in [-0.15, -0.1) is 0 Å². The van der Waals surface area contributed by atoms with Crippen LogP contribution in [0.2, 0.25) is 0 Å². The van der Waals surface area contributed by atoms with E-state index in [-0.39, 0.29) is 10.8 Å². The first-order valence-corrected chi connectivity index (χ1v) is 18.9. The summed E-state index contributed by atoms with van der Waals surface area (Å²) in [5.41, 5.74) is 7.85. The molecule has 0 bridgehead atoms. The van der Waals surface area contributed by atoms with Crippen LogP contribution in [0.15, 0.2) is 182 Å². The van der Waals surface area contributed by atoms with Gasteiger partial charge in [-0.1, -0.05) is 204 Å². The van der Waals surface area contributed by atoms with Gasteiger partial charge in [0, 0.05) is 22.3 Å². The first-order chi connectivity index (χ1) is 22.8. The van der Waals surface area contributed by atoms with Crippen LogP contribution in [0.4, 0.5) is 0 Å². The maximum Gasteiger partial charge on any atom is 0.0451 e. The van der Waals surface area contributed by atoms with E-state index in [4.69, 9.17) is 0 Å². The second kappa shape index (κ2) is 16.0. The average Bonchev–Trinajstić information content (AvgIpc) is 3.15. The van der Waals surface area contributed by atoms with Gasteiger partial charge in [-0.05, 0) is 59.1 Å². The van der Waals surface area contributed by atoms with Gasteiger partial charge < -0.3 is 0 Å². The maximum absolute atomic E-state index is 2.31. The van der Waals surface area contributed by atoms with Crippen LogP contribution in [0.1, 0.15) is 59.1 Å². The lowest BCUT2D eigenvalue weighted by atomic mass is 9.67. The van der Waals surface area contributed by atoms with Crippen LogP contribution in [0.25, 0.3) is 0 Å². The van der Waals surface area contributed by atoms with Gasteiger partial charge in [-0.25, -0.2) is 0 Å². The highest BCUT2D eigenvalue weighted by Gasteiger charge is 2.36. The van der Waals surface area contributed by atoms with Crippen molar-refractivity contribution in [2.45, 2.75) is 36.5 Å². The maximum atomic E-state index is 2.31. The Balaban J connectivity index is 1.14. The molecule has 2 heteroatoms. The van der Waals surface area contributed by atoms with Crippen LogP contribution in [-0.4, -0.2) is 11.5 Å². The second-order valence-electron chi connectivity index (χ2n) is 11.9. The lowest BCUT2D eigenvalue weighted by molar-refractivity contribution is 0.552. The predicted molar refractivity (Wildman–Crippen MR) is 202 cm³/mol. The first kappa shape index (κ1) is 32.0. The summed E-state index contributed by atoms with van der Waals surface area (Å²) in [7, 11) is 4.07. The summed E-state index contributed by atoms with van der Waals surface area (Å²) in [5, 5.41) is 0. The van der Waals surface area contributed by atoms with E-state index in [0.29, 0.717) is 0 Å². The van der Waals surface area contributed by atoms with E-state index in [9.17, 15) is 0 Å². The summed E-state index contributed by atoms with van der Waals surface area (Å²) < 4.78 is 0. The Morgan fingerprint density at radius 1 is 0.283 bits per heavy atom. The minimum absolute atomic E-state index is 0.171. The molecule has 0 amide bonds. The Hall–Kier alpha value is -3.98. The van der Waals surface area contributed by atoms with Crippen molar-refractivity contribution in [2.75, 3.05) is 11.5 Å².